The molecule has 1 aromatic rings. The third kappa shape index (κ3) is 3.28. The van der Waals surface area contributed by atoms with Crippen LogP contribution in [0.25, 0.3) is 0 Å². The van der Waals surface area contributed by atoms with Gasteiger partial charge in [0.2, 0.25) is 11.7 Å². The Bertz CT molecular complexity index is 301. The second-order valence-corrected chi connectivity index (χ2v) is 3.74. The second-order valence-electron chi connectivity index (χ2n) is 3.74. The first-order valence-corrected chi connectivity index (χ1v) is 5.93. The minimum atomic E-state index is -0.162. The molecule has 0 bridgehead atoms. The van der Waals surface area contributed by atoms with Gasteiger partial charge in [0.05, 0.1) is 6.04 Å². The van der Waals surface area contributed by atoms with Gasteiger partial charge in [-0.15, -0.1) is 0 Å². The predicted molar refractivity (Wildman–Crippen MR) is 60.8 cm³/mol. The van der Waals surface area contributed by atoms with Gasteiger partial charge in [0.15, 0.2) is 0 Å². The van der Waals surface area contributed by atoms with Crippen molar-refractivity contribution in [1.82, 2.24) is 10.1 Å². The molecule has 0 saturated heterocycles. The highest BCUT2D eigenvalue weighted by Crippen LogP contribution is 2.20. The van der Waals surface area contributed by atoms with Crippen molar-refractivity contribution in [3.8, 4) is 0 Å². The Kier molecular flexibility index (Phi) is 5.42. The van der Waals surface area contributed by atoms with E-state index in [2.05, 4.69) is 17.1 Å². The number of ether oxygens (including phenoxy) is 1. The Morgan fingerprint density at radius 2 is 2.12 bits per heavy atom. The van der Waals surface area contributed by atoms with Crippen LogP contribution in [0.3, 0.4) is 0 Å². The quantitative estimate of drug-likeness (QED) is 0.774. The lowest BCUT2D eigenvalue weighted by atomic mass is 10.2. The standard InChI is InChI=1S/C11H21N3O2/c1-4-7-8(12)11-13-10(14-16-11)9(5-2)15-6-3/h8-9H,4-7,12H2,1-3H3. The van der Waals surface area contributed by atoms with Gasteiger partial charge >= 0.3 is 0 Å². The van der Waals surface area contributed by atoms with Crippen molar-refractivity contribution in [2.24, 2.45) is 5.73 Å². The molecule has 0 aliphatic carbocycles. The zero-order valence-corrected chi connectivity index (χ0v) is 10.3. The van der Waals surface area contributed by atoms with Crippen LogP contribution in [0.1, 0.15) is 63.9 Å². The summed E-state index contributed by atoms with van der Waals surface area (Å²) in [4.78, 5) is 4.29. The van der Waals surface area contributed by atoms with Crippen LogP contribution in [0.15, 0.2) is 4.52 Å². The van der Waals surface area contributed by atoms with Crippen LogP contribution in [0.4, 0.5) is 0 Å². The molecular weight excluding hydrogens is 206 g/mol. The van der Waals surface area contributed by atoms with E-state index in [4.69, 9.17) is 15.0 Å². The van der Waals surface area contributed by atoms with Crippen LogP contribution in [-0.4, -0.2) is 16.7 Å². The first-order valence-electron chi connectivity index (χ1n) is 5.93. The number of aromatic nitrogens is 2. The molecule has 0 aromatic carbocycles. The summed E-state index contributed by atoms with van der Waals surface area (Å²) < 4.78 is 10.6. The molecule has 1 aromatic heterocycles. The van der Waals surface area contributed by atoms with Gasteiger partial charge in [-0.1, -0.05) is 25.4 Å². The molecule has 0 radical (unpaired) electrons. The van der Waals surface area contributed by atoms with Gasteiger partial charge in [-0.25, -0.2) is 0 Å². The van der Waals surface area contributed by atoms with E-state index in [1.165, 1.54) is 0 Å². The predicted octanol–water partition coefficient (Wildman–Crippen LogP) is 2.36. The highest BCUT2D eigenvalue weighted by atomic mass is 16.5. The minimum absolute atomic E-state index is 0.0867. The molecule has 92 valence electrons. The van der Waals surface area contributed by atoms with E-state index in [-0.39, 0.29) is 12.1 Å². The van der Waals surface area contributed by atoms with Crippen molar-refractivity contribution < 1.29 is 9.26 Å². The van der Waals surface area contributed by atoms with E-state index in [9.17, 15) is 0 Å². The van der Waals surface area contributed by atoms with Crippen LogP contribution in [0.5, 0.6) is 0 Å². The topological polar surface area (TPSA) is 74.2 Å². The number of hydrogen-bond acceptors (Lipinski definition) is 5. The van der Waals surface area contributed by atoms with Crippen LogP contribution in [-0.2, 0) is 4.74 Å². The molecule has 0 amide bonds. The molecule has 2 unspecified atom stereocenters. The molecule has 5 nitrogen and oxygen atoms in total. The van der Waals surface area contributed by atoms with E-state index >= 15 is 0 Å². The molecule has 0 aliphatic heterocycles. The summed E-state index contributed by atoms with van der Waals surface area (Å²) in [7, 11) is 0. The maximum absolute atomic E-state index is 5.90. The average Bonchev–Trinajstić information content (AvgIpc) is 2.75. The fourth-order valence-corrected chi connectivity index (χ4v) is 1.54. The molecule has 1 rings (SSSR count). The van der Waals surface area contributed by atoms with E-state index in [0.29, 0.717) is 18.3 Å². The maximum Gasteiger partial charge on any atom is 0.243 e. The van der Waals surface area contributed by atoms with Crippen molar-refractivity contribution in [3.63, 3.8) is 0 Å². The average molecular weight is 227 g/mol. The molecule has 2 atom stereocenters. The Labute approximate surface area is 96.4 Å². The normalized spacial score (nSPS) is 15.0. The fraction of sp³-hybridized carbons (Fsp3) is 0.818. The molecule has 1 heterocycles. The van der Waals surface area contributed by atoms with Crippen molar-refractivity contribution in [1.29, 1.82) is 0 Å². The van der Waals surface area contributed by atoms with Crippen LogP contribution in [0.2, 0.25) is 0 Å². The summed E-state index contributed by atoms with van der Waals surface area (Å²) in [5.74, 6) is 1.11. The fourth-order valence-electron chi connectivity index (χ4n) is 1.54. The minimum Gasteiger partial charge on any atom is -0.370 e. The van der Waals surface area contributed by atoms with Crippen LogP contribution < -0.4 is 5.73 Å². The monoisotopic (exact) mass is 227 g/mol. The van der Waals surface area contributed by atoms with E-state index in [1.807, 2.05) is 13.8 Å². The highest BCUT2D eigenvalue weighted by molar-refractivity contribution is 4.94. The smallest absolute Gasteiger partial charge is 0.243 e. The third-order valence-corrected chi connectivity index (χ3v) is 2.40. The van der Waals surface area contributed by atoms with Gasteiger partial charge in [-0.2, -0.15) is 4.98 Å². The van der Waals surface area contributed by atoms with E-state index < -0.39 is 0 Å². The summed E-state index contributed by atoms with van der Waals surface area (Å²) in [5.41, 5.74) is 5.90. The summed E-state index contributed by atoms with van der Waals surface area (Å²) in [5, 5.41) is 3.92. The molecule has 0 saturated carbocycles. The molecule has 0 aliphatic rings. The van der Waals surface area contributed by atoms with Crippen molar-refractivity contribution in [2.45, 2.75) is 52.2 Å². The Hall–Kier alpha value is -0.940. The zero-order chi connectivity index (χ0) is 12.0. The number of hydrogen-bond donors (Lipinski definition) is 1. The van der Waals surface area contributed by atoms with Crippen molar-refractivity contribution in [2.75, 3.05) is 6.61 Å². The molecule has 2 N–H and O–H groups in total. The summed E-state index contributed by atoms with van der Waals surface area (Å²) >= 11 is 0. The third-order valence-electron chi connectivity index (χ3n) is 2.40. The van der Waals surface area contributed by atoms with Gasteiger partial charge in [0, 0.05) is 6.61 Å². The van der Waals surface area contributed by atoms with Gasteiger partial charge in [-0.05, 0) is 19.8 Å². The van der Waals surface area contributed by atoms with Gasteiger partial charge in [0.25, 0.3) is 0 Å². The zero-order valence-electron chi connectivity index (χ0n) is 10.3. The van der Waals surface area contributed by atoms with E-state index in [0.717, 1.165) is 19.3 Å². The Balaban J connectivity index is 2.68. The molecular formula is C11H21N3O2. The summed E-state index contributed by atoms with van der Waals surface area (Å²) in [6.07, 6.45) is 2.60. The SMILES string of the molecule is CCCC(N)c1nc(C(CC)OCC)no1. The lowest BCUT2D eigenvalue weighted by Crippen LogP contribution is -2.11. The van der Waals surface area contributed by atoms with Crippen molar-refractivity contribution >= 4 is 0 Å². The van der Waals surface area contributed by atoms with Gasteiger partial charge in [0.1, 0.15) is 6.10 Å². The first kappa shape index (κ1) is 13.1. The number of nitrogens with two attached hydrogens (primary N) is 1. The molecule has 5 heteroatoms. The van der Waals surface area contributed by atoms with Crippen LogP contribution >= 0.6 is 0 Å². The molecule has 0 spiro atoms. The first-order chi connectivity index (χ1) is 7.72. The summed E-state index contributed by atoms with van der Waals surface area (Å²) in [6.45, 7) is 6.70. The Morgan fingerprint density at radius 3 is 2.69 bits per heavy atom. The van der Waals surface area contributed by atoms with E-state index in [1.54, 1.807) is 0 Å². The Morgan fingerprint density at radius 1 is 1.38 bits per heavy atom. The lowest BCUT2D eigenvalue weighted by molar-refractivity contribution is 0.0518. The largest absolute Gasteiger partial charge is 0.370 e. The molecule has 0 fully saturated rings. The maximum atomic E-state index is 5.90. The number of rotatable bonds is 7. The number of nitrogens with zero attached hydrogens (tertiary/aromatic N) is 2. The van der Waals surface area contributed by atoms with Gasteiger partial charge < -0.3 is 15.0 Å². The highest BCUT2D eigenvalue weighted by Gasteiger charge is 2.19. The van der Waals surface area contributed by atoms with Gasteiger partial charge in [-0.3, -0.25) is 0 Å². The van der Waals surface area contributed by atoms with Crippen LogP contribution in [0, 0.1) is 0 Å². The van der Waals surface area contributed by atoms with Crippen molar-refractivity contribution in [3.05, 3.63) is 11.7 Å². The molecule has 16 heavy (non-hydrogen) atoms. The second kappa shape index (κ2) is 6.60. The summed E-state index contributed by atoms with van der Waals surface area (Å²) in [6, 6.07) is -0.162. The lowest BCUT2D eigenvalue weighted by Gasteiger charge is -2.09.